The van der Waals surface area contributed by atoms with Crippen LogP contribution in [0.2, 0.25) is 10.0 Å². The third-order valence-electron chi connectivity index (χ3n) is 3.93. The van der Waals surface area contributed by atoms with E-state index in [9.17, 15) is 13.2 Å². The van der Waals surface area contributed by atoms with E-state index in [4.69, 9.17) is 23.2 Å². The predicted molar refractivity (Wildman–Crippen MR) is 100 cm³/mol. The van der Waals surface area contributed by atoms with E-state index < -0.39 is 9.84 Å². The van der Waals surface area contributed by atoms with Crippen LogP contribution >= 0.6 is 35.0 Å². The molecule has 0 radical (unpaired) electrons. The average molecular weight is 407 g/mol. The minimum Gasteiger partial charge on any atom is -0.314 e. The van der Waals surface area contributed by atoms with E-state index >= 15 is 0 Å². The van der Waals surface area contributed by atoms with Crippen LogP contribution in [0.5, 0.6) is 0 Å². The number of benzene rings is 1. The van der Waals surface area contributed by atoms with Crippen LogP contribution in [0.3, 0.4) is 0 Å². The molecule has 2 saturated heterocycles. The number of sulfone groups is 1. The quantitative estimate of drug-likeness (QED) is 0.753. The van der Waals surface area contributed by atoms with E-state index in [1.165, 1.54) is 11.8 Å². The van der Waals surface area contributed by atoms with Gasteiger partial charge in [0.2, 0.25) is 0 Å². The Morgan fingerprint density at radius 3 is 2.71 bits per heavy atom. The van der Waals surface area contributed by atoms with Crippen LogP contribution in [0.15, 0.2) is 23.2 Å². The van der Waals surface area contributed by atoms with E-state index in [1.807, 2.05) is 0 Å². The number of thioether (sulfide) groups is 1. The van der Waals surface area contributed by atoms with Crippen molar-refractivity contribution in [3.05, 3.63) is 28.2 Å². The fraction of sp³-hybridized carbons (Fsp3) is 0.467. The molecule has 2 aliphatic rings. The zero-order valence-corrected chi connectivity index (χ0v) is 16.2. The number of halogens is 2. The number of rotatable bonds is 2. The molecule has 1 amide bonds. The van der Waals surface area contributed by atoms with Gasteiger partial charge in [-0.3, -0.25) is 4.79 Å². The topological polar surface area (TPSA) is 66.8 Å². The SMILES string of the molecule is CC(C)C(=O)N=C1S[C@@H]2CS(=O)(=O)C[C@@H]2N1c1cc(Cl)ccc1Cl. The van der Waals surface area contributed by atoms with E-state index in [-0.39, 0.29) is 34.6 Å². The lowest BCUT2D eigenvalue weighted by atomic mass is 10.2. The Morgan fingerprint density at radius 2 is 2.04 bits per heavy atom. The number of fused-ring (bicyclic) bond motifs is 1. The maximum atomic E-state index is 12.1. The molecule has 2 aliphatic heterocycles. The molecule has 0 aliphatic carbocycles. The minimum atomic E-state index is -3.12. The summed E-state index contributed by atoms with van der Waals surface area (Å²) in [5, 5.41) is 1.25. The van der Waals surface area contributed by atoms with Crippen molar-refractivity contribution in [2.45, 2.75) is 25.1 Å². The first-order chi connectivity index (χ1) is 11.2. The van der Waals surface area contributed by atoms with Crippen LogP contribution < -0.4 is 4.90 Å². The van der Waals surface area contributed by atoms with Crippen LogP contribution in [0.25, 0.3) is 0 Å². The highest BCUT2D eigenvalue weighted by molar-refractivity contribution is 8.16. The molecule has 1 aromatic rings. The van der Waals surface area contributed by atoms with E-state index in [0.29, 0.717) is 20.9 Å². The van der Waals surface area contributed by atoms with Gasteiger partial charge in [-0.15, -0.1) is 0 Å². The number of anilines is 1. The van der Waals surface area contributed by atoms with E-state index in [0.717, 1.165) is 0 Å². The largest absolute Gasteiger partial charge is 0.314 e. The highest BCUT2D eigenvalue weighted by Crippen LogP contribution is 2.43. The van der Waals surface area contributed by atoms with Crippen LogP contribution in [0.1, 0.15) is 13.8 Å². The number of hydrogen-bond donors (Lipinski definition) is 0. The Kier molecular flexibility index (Phi) is 4.90. The van der Waals surface area contributed by atoms with Gasteiger partial charge in [-0.2, -0.15) is 4.99 Å². The van der Waals surface area contributed by atoms with Crippen molar-refractivity contribution < 1.29 is 13.2 Å². The Bertz CT molecular complexity index is 824. The minimum absolute atomic E-state index is 0.0163. The van der Waals surface area contributed by atoms with Gasteiger partial charge in [0.1, 0.15) is 0 Å². The summed E-state index contributed by atoms with van der Waals surface area (Å²) in [4.78, 5) is 18.0. The van der Waals surface area contributed by atoms with Crippen molar-refractivity contribution in [1.29, 1.82) is 0 Å². The summed E-state index contributed by atoms with van der Waals surface area (Å²) in [6.45, 7) is 3.54. The second-order valence-corrected chi connectivity index (χ2v) is 10.4. The molecular weight excluding hydrogens is 391 g/mol. The summed E-state index contributed by atoms with van der Waals surface area (Å²) in [6.07, 6.45) is 0. The molecule has 9 heteroatoms. The Hall–Kier alpha value is -0.760. The first-order valence-corrected chi connectivity index (χ1v) is 10.9. The predicted octanol–water partition coefficient (Wildman–Crippen LogP) is 3.25. The summed E-state index contributed by atoms with van der Waals surface area (Å²) in [7, 11) is -3.12. The van der Waals surface area contributed by atoms with E-state index in [1.54, 1.807) is 36.9 Å². The van der Waals surface area contributed by atoms with Gasteiger partial charge in [-0.1, -0.05) is 48.8 Å². The Morgan fingerprint density at radius 1 is 1.33 bits per heavy atom. The molecule has 0 N–H and O–H groups in total. The fourth-order valence-corrected chi connectivity index (χ4v) is 7.03. The number of nitrogens with zero attached hydrogens (tertiary/aromatic N) is 2. The molecule has 3 rings (SSSR count). The standard InChI is InChI=1S/C15H16Cl2N2O3S2/c1-8(2)14(20)18-15-19(11-5-9(16)3-4-10(11)17)12-6-24(21,22)7-13(12)23-15/h3-5,8,12-13H,6-7H2,1-2H3/t12-,13+/m0/s1. The van der Waals surface area contributed by atoms with Gasteiger partial charge in [0, 0.05) is 16.2 Å². The Balaban J connectivity index is 2.08. The molecule has 0 unspecified atom stereocenters. The lowest BCUT2D eigenvalue weighted by Gasteiger charge is -2.25. The lowest BCUT2D eigenvalue weighted by Crippen LogP contribution is -2.38. The van der Waals surface area contributed by atoms with Crippen molar-refractivity contribution in [2.75, 3.05) is 16.4 Å². The number of carbonyl (C=O) groups excluding carboxylic acids is 1. The van der Waals surface area contributed by atoms with Crippen molar-refractivity contribution in [3.63, 3.8) is 0 Å². The smallest absolute Gasteiger partial charge is 0.250 e. The molecule has 0 aromatic heterocycles. The van der Waals surface area contributed by atoms with Gasteiger partial charge < -0.3 is 4.90 Å². The van der Waals surface area contributed by atoms with Crippen molar-refractivity contribution >= 4 is 61.6 Å². The molecule has 0 saturated carbocycles. The highest BCUT2D eigenvalue weighted by Gasteiger charge is 2.49. The molecule has 2 heterocycles. The number of carbonyl (C=O) groups is 1. The zero-order valence-electron chi connectivity index (χ0n) is 13.1. The third-order valence-corrected chi connectivity index (χ3v) is 7.70. The monoisotopic (exact) mass is 406 g/mol. The number of hydrogen-bond acceptors (Lipinski definition) is 4. The van der Waals surface area contributed by atoms with Gasteiger partial charge in [0.15, 0.2) is 15.0 Å². The first-order valence-electron chi connectivity index (χ1n) is 7.42. The van der Waals surface area contributed by atoms with Crippen LogP contribution in [0.4, 0.5) is 5.69 Å². The molecule has 2 fully saturated rings. The van der Waals surface area contributed by atoms with Gasteiger partial charge in [-0.25, -0.2) is 8.42 Å². The highest BCUT2D eigenvalue weighted by atomic mass is 35.5. The van der Waals surface area contributed by atoms with Gasteiger partial charge in [-0.05, 0) is 18.2 Å². The van der Waals surface area contributed by atoms with Crippen LogP contribution in [0, 0.1) is 5.92 Å². The summed E-state index contributed by atoms with van der Waals surface area (Å²) in [5.74, 6) is -0.392. The molecule has 2 atom stereocenters. The molecule has 130 valence electrons. The zero-order chi connectivity index (χ0) is 17.6. The maximum Gasteiger partial charge on any atom is 0.250 e. The first kappa shape index (κ1) is 18.0. The molecule has 24 heavy (non-hydrogen) atoms. The molecule has 0 bridgehead atoms. The Labute approximate surface area is 155 Å². The average Bonchev–Trinajstić information content (AvgIpc) is 2.92. The van der Waals surface area contributed by atoms with Crippen molar-refractivity contribution in [3.8, 4) is 0 Å². The van der Waals surface area contributed by atoms with Gasteiger partial charge in [0.25, 0.3) is 5.91 Å². The number of amidine groups is 1. The second-order valence-electron chi connectivity index (χ2n) is 6.15. The van der Waals surface area contributed by atoms with Crippen LogP contribution in [-0.2, 0) is 14.6 Å². The molecular formula is C15H16Cl2N2O3S2. The third kappa shape index (κ3) is 3.45. The summed E-state index contributed by atoms with van der Waals surface area (Å²) >= 11 is 13.7. The molecule has 0 spiro atoms. The number of amides is 1. The van der Waals surface area contributed by atoms with Gasteiger partial charge in [0.05, 0.1) is 28.3 Å². The van der Waals surface area contributed by atoms with E-state index in [2.05, 4.69) is 4.99 Å². The van der Waals surface area contributed by atoms with Crippen molar-refractivity contribution in [2.24, 2.45) is 10.9 Å². The lowest BCUT2D eigenvalue weighted by molar-refractivity contribution is -0.120. The van der Waals surface area contributed by atoms with Gasteiger partial charge >= 0.3 is 0 Å². The van der Waals surface area contributed by atoms with Crippen molar-refractivity contribution in [1.82, 2.24) is 0 Å². The molecule has 5 nitrogen and oxygen atoms in total. The summed E-state index contributed by atoms with van der Waals surface area (Å²) < 4.78 is 24.0. The second kappa shape index (κ2) is 6.52. The maximum absolute atomic E-state index is 12.1. The normalized spacial score (nSPS) is 27.0. The van der Waals surface area contributed by atoms with Crippen LogP contribution in [-0.4, -0.2) is 42.3 Å². The summed E-state index contributed by atoms with van der Waals surface area (Å²) in [6, 6.07) is 4.69. The molecule has 1 aromatic carbocycles. The fourth-order valence-electron chi connectivity index (χ4n) is 2.74. The summed E-state index contributed by atoms with van der Waals surface area (Å²) in [5.41, 5.74) is 0.580. The number of aliphatic imine (C=N–C) groups is 1.